The van der Waals surface area contributed by atoms with E-state index in [2.05, 4.69) is 63.4 Å². The van der Waals surface area contributed by atoms with Gasteiger partial charge in [0.1, 0.15) is 5.82 Å². The first-order chi connectivity index (χ1) is 15.2. The molecule has 158 valence electrons. The first-order valence-corrected chi connectivity index (χ1v) is 11.3. The number of nitrogens with one attached hydrogen (secondary N) is 1. The number of aliphatic hydroxyl groups is 1. The molecular weight excluding hydrogens is 404 g/mol. The van der Waals surface area contributed by atoms with Crippen LogP contribution in [0.1, 0.15) is 36.8 Å². The van der Waals surface area contributed by atoms with Crippen molar-refractivity contribution in [3.05, 3.63) is 78.0 Å². The van der Waals surface area contributed by atoms with Crippen LogP contribution >= 0.6 is 12.6 Å². The first kappa shape index (κ1) is 20.1. The largest absolute Gasteiger partial charge is 0.393 e. The van der Waals surface area contributed by atoms with Gasteiger partial charge in [-0.15, -0.1) is 12.6 Å². The van der Waals surface area contributed by atoms with Crippen molar-refractivity contribution in [1.82, 2.24) is 14.5 Å². The second kappa shape index (κ2) is 8.73. The van der Waals surface area contributed by atoms with Crippen molar-refractivity contribution in [2.75, 3.05) is 5.32 Å². The Morgan fingerprint density at radius 2 is 1.81 bits per heavy atom. The fourth-order valence-electron chi connectivity index (χ4n) is 4.43. The Hall–Kier alpha value is -2.83. The van der Waals surface area contributed by atoms with E-state index in [1.165, 1.54) is 16.5 Å². The van der Waals surface area contributed by atoms with Crippen molar-refractivity contribution < 1.29 is 5.11 Å². The Kier molecular flexibility index (Phi) is 5.66. The number of anilines is 1. The molecule has 0 atom stereocenters. The molecule has 1 fully saturated rings. The van der Waals surface area contributed by atoms with Gasteiger partial charge in [-0.2, -0.15) is 4.98 Å². The minimum atomic E-state index is -0.173. The molecule has 0 aliphatic heterocycles. The Morgan fingerprint density at radius 3 is 2.61 bits per heavy atom. The summed E-state index contributed by atoms with van der Waals surface area (Å²) >= 11 is 4.77. The maximum atomic E-state index is 9.74. The average molecular weight is 431 g/mol. The van der Waals surface area contributed by atoms with Gasteiger partial charge in [0.25, 0.3) is 0 Å². The maximum absolute atomic E-state index is 9.74. The van der Waals surface area contributed by atoms with Crippen molar-refractivity contribution in [1.29, 1.82) is 0 Å². The molecule has 4 aromatic rings. The third kappa shape index (κ3) is 4.31. The molecule has 0 amide bonds. The maximum Gasteiger partial charge on any atom is 0.224 e. The molecule has 0 unspecified atom stereocenters. The Morgan fingerprint density at radius 1 is 1.00 bits per heavy atom. The molecule has 2 aromatic carbocycles. The number of aromatic nitrogens is 3. The molecule has 1 saturated carbocycles. The number of rotatable bonds is 5. The van der Waals surface area contributed by atoms with Gasteiger partial charge in [-0.25, -0.2) is 4.98 Å². The van der Waals surface area contributed by atoms with Crippen molar-refractivity contribution >= 4 is 29.5 Å². The summed E-state index contributed by atoms with van der Waals surface area (Å²) in [7, 11) is 0. The fraction of sp³-hybridized carbons (Fsp3) is 0.280. The molecule has 2 N–H and O–H groups in total. The van der Waals surface area contributed by atoms with Gasteiger partial charge in [0, 0.05) is 17.6 Å². The Bertz CT molecular complexity index is 1180. The molecule has 31 heavy (non-hydrogen) atoms. The Balaban J connectivity index is 1.46. The van der Waals surface area contributed by atoms with Gasteiger partial charge >= 0.3 is 0 Å². The smallest absolute Gasteiger partial charge is 0.224 e. The monoisotopic (exact) mass is 430 g/mol. The SMILES string of the molecule is O[C@H]1CC[C@H](Nc2nccc(-n3c(S)cc4c(Cc5ccccc5)cccc43)n2)CC1. The van der Waals surface area contributed by atoms with E-state index >= 15 is 0 Å². The van der Waals surface area contributed by atoms with Crippen molar-refractivity contribution in [2.24, 2.45) is 0 Å². The number of aliphatic hydroxyl groups excluding tert-OH is 1. The highest BCUT2D eigenvalue weighted by molar-refractivity contribution is 7.80. The van der Waals surface area contributed by atoms with E-state index in [0.717, 1.165) is 48.5 Å². The second-order valence-electron chi connectivity index (χ2n) is 8.24. The van der Waals surface area contributed by atoms with E-state index in [0.29, 0.717) is 12.0 Å². The number of thiol groups is 1. The minimum Gasteiger partial charge on any atom is -0.393 e. The van der Waals surface area contributed by atoms with E-state index in [-0.39, 0.29) is 6.10 Å². The molecule has 1 aliphatic carbocycles. The normalized spacial score (nSPS) is 18.9. The fourth-order valence-corrected chi connectivity index (χ4v) is 4.77. The highest BCUT2D eigenvalue weighted by Crippen LogP contribution is 2.30. The molecule has 6 heteroatoms. The molecule has 0 bridgehead atoms. The van der Waals surface area contributed by atoms with Crippen LogP contribution in [0.3, 0.4) is 0 Å². The highest BCUT2D eigenvalue weighted by atomic mass is 32.1. The van der Waals surface area contributed by atoms with Crippen LogP contribution in [-0.4, -0.2) is 31.8 Å². The molecule has 0 saturated heterocycles. The van der Waals surface area contributed by atoms with E-state index in [9.17, 15) is 5.11 Å². The Labute approximate surface area is 187 Å². The molecule has 2 heterocycles. The van der Waals surface area contributed by atoms with E-state index < -0.39 is 0 Å². The average Bonchev–Trinajstić information content (AvgIpc) is 3.13. The number of fused-ring (bicyclic) bond motifs is 1. The zero-order valence-corrected chi connectivity index (χ0v) is 18.2. The van der Waals surface area contributed by atoms with E-state index in [4.69, 9.17) is 17.6 Å². The summed E-state index contributed by atoms with van der Waals surface area (Å²) in [5, 5.41) is 15.2. The number of nitrogens with zero attached hydrogens (tertiary/aromatic N) is 3. The van der Waals surface area contributed by atoms with Crippen LogP contribution in [0.15, 0.2) is 71.9 Å². The van der Waals surface area contributed by atoms with E-state index in [1.807, 2.05) is 12.1 Å². The minimum absolute atomic E-state index is 0.173. The van der Waals surface area contributed by atoms with Gasteiger partial charge in [0.2, 0.25) is 5.95 Å². The molecule has 0 spiro atoms. The topological polar surface area (TPSA) is 63.0 Å². The van der Waals surface area contributed by atoms with Gasteiger partial charge in [-0.3, -0.25) is 4.57 Å². The first-order valence-electron chi connectivity index (χ1n) is 10.8. The van der Waals surface area contributed by atoms with Crippen LogP contribution in [-0.2, 0) is 6.42 Å². The molecule has 2 aromatic heterocycles. The van der Waals surface area contributed by atoms with Crippen LogP contribution in [0.4, 0.5) is 5.95 Å². The second-order valence-corrected chi connectivity index (χ2v) is 8.70. The van der Waals surface area contributed by atoms with Gasteiger partial charge in [-0.1, -0.05) is 42.5 Å². The van der Waals surface area contributed by atoms with Crippen LogP contribution in [0.5, 0.6) is 0 Å². The van der Waals surface area contributed by atoms with Gasteiger partial charge in [-0.05, 0) is 61.4 Å². The summed E-state index contributed by atoms with van der Waals surface area (Å²) in [5.41, 5.74) is 3.64. The van der Waals surface area contributed by atoms with Crippen LogP contribution in [0.25, 0.3) is 16.7 Å². The lowest BCUT2D eigenvalue weighted by Gasteiger charge is -2.26. The van der Waals surface area contributed by atoms with Crippen LogP contribution in [0.2, 0.25) is 0 Å². The zero-order chi connectivity index (χ0) is 21.2. The van der Waals surface area contributed by atoms with Crippen LogP contribution in [0, 0.1) is 0 Å². The highest BCUT2D eigenvalue weighted by Gasteiger charge is 2.20. The standard InChI is InChI=1S/C25H26N4OS/c30-20-11-9-19(10-12-20)27-25-26-14-13-23(28-25)29-22-8-4-7-18(21(22)16-24(29)31)15-17-5-2-1-3-6-17/h1-8,13-14,16,19-20,30-31H,9-12,15H2,(H,26,27,28)/t19-,20-. The third-order valence-electron chi connectivity index (χ3n) is 6.05. The molecule has 5 nitrogen and oxygen atoms in total. The van der Waals surface area contributed by atoms with Gasteiger partial charge in [0.15, 0.2) is 0 Å². The predicted molar refractivity (Wildman–Crippen MR) is 127 cm³/mol. The predicted octanol–water partition coefficient (Wildman–Crippen LogP) is 5.02. The van der Waals surface area contributed by atoms with Crippen LogP contribution < -0.4 is 5.32 Å². The third-order valence-corrected chi connectivity index (χ3v) is 6.38. The molecule has 5 rings (SSSR count). The van der Waals surface area contributed by atoms with Crippen molar-refractivity contribution in [3.8, 4) is 5.82 Å². The van der Waals surface area contributed by atoms with Gasteiger partial charge < -0.3 is 10.4 Å². The lowest BCUT2D eigenvalue weighted by Crippen LogP contribution is -2.29. The summed E-state index contributed by atoms with van der Waals surface area (Å²) in [5.74, 6) is 1.42. The number of hydrogen-bond acceptors (Lipinski definition) is 5. The molecule has 1 aliphatic rings. The zero-order valence-electron chi connectivity index (χ0n) is 17.3. The summed E-state index contributed by atoms with van der Waals surface area (Å²) in [4.78, 5) is 9.20. The summed E-state index contributed by atoms with van der Waals surface area (Å²) in [6.07, 6.45) is 6.00. The lowest BCUT2D eigenvalue weighted by molar-refractivity contribution is 0.126. The lowest BCUT2D eigenvalue weighted by atomic mass is 9.93. The quantitative estimate of drug-likeness (QED) is 0.389. The summed E-state index contributed by atoms with van der Waals surface area (Å²) < 4.78 is 2.07. The number of hydrogen-bond donors (Lipinski definition) is 3. The molecular formula is C25H26N4OS. The van der Waals surface area contributed by atoms with Crippen molar-refractivity contribution in [3.63, 3.8) is 0 Å². The van der Waals surface area contributed by atoms with Gasteiger partial charge in [0.05, 0.1) is 16.6 Å². The summed E-state index contributed by atoms with van der Waals surface area (Å²) in [6.45, 7) is 0. The van der Waals surface area contributed by atoms with E-state index in [1.54, 1.807) is 6.20 Å². The summed E-state index contributed by atoms with van der Waals surface area (Å²) in [6, 6.07) is 21.2. The molecule has 0 radical (unpaired) electrons. The number of benzene rings is 2. The van der Waals surface area contributed by atoms with Crippen molar-refractivity contribution in [2.45, 2.75) is 49.3 Å².